The monoisotopic (exact) mass is 255 g/mol. The zero-order valence-corrected chi connectivity index (χ0v) is 11.2. The van der Waals surface area contributed by atoms with E-state index in [4.69, 9.17) is 9.15 Å². The van der Waals surface area contributed by atoms with Crippen molar-refractivity contribution in [2.24, 2.45) is 0 Å². The van der Waals surface area contributed by atoms with Crippen molar-refractivity contribution in [1.29, 1.82) is 0 Å². The van der Waals surface area contributed by atoms with E-state index in [0.29, 0.717) is 6.61 Å². The molecule has 0 spiro atoms. The highest BCUT2D eigenvalue weighted by molar-refractivity contribution is 5.69. The molecule has 0 fully saturated rings. The molecule has 98 valence electrons. The SMILES string of the molecule is C=C1Nc2cc(OCc3ccco3)ccc2C1(C)C. The summed E-state index contributed by atoms with van der Waals surface area (Å²) in [6, 6.07) is 9.85. The Morgan fingerprint density at radius 2 is 2.16 bits per heavy atom. The summed E-state index contributed by atoms with van der Waals surface area (Å²) in [5.41, 5.74) is 3.31. The number of hydrogen-bond acceptors (Lipinski definition) is 3. The summed E-state index contributed by atoms with van der Waals surface area (Å²) < 4.78 is 11.0. The van der Waals surface area contributed by atoms with Crippen LogP contribution >= 0.6 is 0 Å². The molecule has 2 aromatic rings. The summed E-state index contributed by atoms with van der Waals surface area (Å²) in [4.78, 5) is 0. The van der Waals surface area contributed by atoms with Crippen molar-refractivity contribution in [1.82, 2.24) is 0 Å². The van der Waals surface area contributed by atoms with Crippen molar-refractivity contribution in [2.75, 3.05) is 5.32 Å². The maximum absolute atomic E-state index is 5.72. The fraction of sp³-hybridized carbons (Fsp3) is 0.250. The minimum absolute atomic E-state index is 0.0329. The van der Waals surface area contributed by atoms with Crippen LogP contribution < -0.4 is 10.1 Å². The van der Waals surface area contributed by atoms with Gasteiger partial charge in [-0.3, -0.25) is 0 Å². The van der Waals surface area contributed by atoms with Gasteiger partial charge >= 0.3 is 0 Å². The lowest BCUT2D eigenvalue weighted by Crippen LogP contribution is -2.15. The molecule has 0 amide bonds. The molecule has 1 aliphatic rings. The molecule has 0 unspecified atom stereocenters. The van der Waals surface area contributed by atoms with Gasteiger partial charge in [-0.1, -0.05) is 26.5 Å². The van der Waals surface area contributed by atoms with Gasteiger partial charge in [0, 0.05) is 22.9 Å². The molecular weight excluding hydrogens is 238 g/mol. The maximum atomic E-state index is 5.72. The molecule has 0 saturated carbocycles. The highest BCUT2D eigenvalue weighted by Gasteiger charge is 2.33. The molecule has 0 saturated heterocycles. The van der Waals surface area contributed by atoms with Crippen molar-refractivity contribution in [2.45, 2.75) is 25.9 Å². The molecule has 0 bridgehead atoms. The summed E-state index contributed by atoms with van der Waals surface area (Å²) in [6.07, 6.45) is 1.65. The number of rotatable bonds is 3. The average molecular weight is 255 g/mol. The van der Waals surface area contributed by atoms with Crippen molar-refractivity contribution in [3.05, 3.63) is 60.2 Å². The van der Waals surface area contributed by atoms with Crippen LogP contribution in [0.4, 0.5) is 5.69 Å². The van der Waals surface area contributed by atoms with E-state index in [1.807, 2.05) is 24.3 Å². The van der Waals surface area contributed by atoms with Crippen LogP contribution in [-0.4, -0.2) is 0 Å². The first kappa shape index (κ1) is 11.9. The Morgan fingerprint density at radius 3 is 2.89 bits per heavy atom. The van der Waals surface area contributed by atoms with Gasteiger partial charge in [0.1, 0.15) is 18.1 Å². The second-order valence-electron chi connectivity index (χ2n) is 5.30. The molecule has 3 nitrogen and oxygen atoms in total. The molecule has 1 aliphatic heterocycles. The van der Waals surface area contributed by atoms with Crippen molar-refractivity contribution in [3.63, 3.8) is 0 Å². The molecule has 0 aliphatic carbocycles. The normalized spacial score (nSPS) is 16.0. The highest BCUT2D eigenvalue weighted by atomic mass is 16.5. The summed E-state index contributed by atoms with van der Waals surface area (Å²) in [7, 11) is 0. The largest absolute Gasteiger partial charge is 0.486 e. The van der Waals surface area contributed by atoms with E-state index in [2.05, 4.69) is 31.8 Å². The van der Waals surface area contributed by atoms with Crippen molar-refractivity contribution < 1.29 is 9.15 Å². The third kappa shape index (κ3) is 2.01. The van der Waals surface area contributed by atoms with Gasteiger partial charge in [-0.25, -0.2) is 0 Å². The van der Waals surface area contributed by atoms with Crippen LogP contribution in [0.5, 0.6) is 5.75 Å². The van der Waals surface area contributed by atoms with Gasteiger partial charge in [0.2, 0.25) is 0 Å². The van der Waals surface area contributed by atoms with Crippen LogP contribution in [0, 0.1) is 0 Å². The minimum atomic E-state index is -0.0329. The molecule has 0 atom stereocenters. The lowest BCUT2D eigenvalue weighted by molar-refractivity contribution is 0.270. The first-order valence-electron chi connectivity index (χ1n) is 6.33. The van der Waals surface area contributed by atoms with E-state index in [9.17, 15) is 0 Å². The Kier molecular flexibility index (Phi) is 2.63. The Bertz CT molecular complexity index is 612. The fourth-order valence-electron chi connectivity index (χ4n) is 2.29. The highest BCUT2D eigenvalue weighted by Crippen LogP contribution is 2.43. The van der Waals surface area contributed by atoms with Crippen molar-refractivity contribution in [3.8, 4) is 5.75 Å². The molecule has 1 N–H and O–H groups in total. The van der Waals surface area contributed by atoms with Crippen LogP contribution in [0.2, 0.25) is 0 Å². The van der Waals surface area contributed by atoms with Crippen LogP contribution in [0.15, 0.2) is 53.3 Å². The van der Waals surface area contributed by atoms with E-state index in [-0.39, 0.29) is 5.41 Å². The number of benzene rings is 1. The Balaban J connectivity index is 1.80. The van der Waals surface area contributed by atoms with Gasteiger partial charge in [-0.15, -0.1) is 0 Å². The van der Waals surface area contributed by atoms with Crippen molar-refractivity contribution >= 4 is 5.69 Å². The standard InChI is InChI=1S/C16H17NO2/c1-11-16(2,3)14-7-6-12(9-15(14)17-11)19-10-13-5-4-8-18-13/h4-9,17H,1,10H2,2-3H3. The van der Waals surface area contributed by atoms with E-state index in [0.717, 1.165) is 22.9 Å². The number of hydrogen-bond donors (Lipinski definition) is 1. The Morgan fingerprint density at radius 1 is 1.32 bits per heavy atom. The molecule has 1 aromatic heterocycles. The van der Waals surface area contributed by atoms with E-state index in [1.165, 1.54) is 5.56 Å². The predicted molar refractivity (Wildman–Crippen MR) is 75.3 cm³/mol. The smallest absolute Gasteiger partial charge is 0.146 e. The van der Waals surface area contributed by atoms with E-state index in [1.54, 1.807) is 6.26 Å². The topological polar surface area (TPSA) is 34.4 Å². The third-order valence-electron chi connectivity index (χ3n) is 3.67. The lowest BCUT2D eigenvalue weighted by Gasteiger charge is -2.19. The van der Waals surface area contributed by atoms with Crippen LogP contribution in [0.1, 0.15) is 25.2 Å². The number of nitrogens with one attached hydrogen (secondary N) is 1. The predicted octanol–water partition coefficient (Wildman–Crippen LogP) is 4.08. The molecular formula is C16H17NO2. The molecule has 2 heterocycles. The molecule has 1 aromatic carbocycles. The second-order valence-corrected chi connectivity index (χ2v) is 5.30. The molecule has 19 heavy (non-hydrogen) atoms. The summed E-state index contributed by atoms with van der Waals surface area (Å²) in [6.45, 7) is 8.84. The van der Waals surface area contributed by atoms with Gasteiger partial charge in [0.05, 0.1) is 6.26 Å². The number of allylic oxidation sites excluding steroid dienone is 1. The number of ether oxygens (including phenoxy) is 1. The quantitative estimate of drug-likeness (QED) is 0.897. The third-order valence-corrected chi connectivity index (χ3v) is 3.67. The summed E-state index contributed by atoms with van der Waals surface area (Å²) in [5.74, 6) is 1.64. The fourth-order valence-corrected chi connectivity index (χ4v) is 2.29. The number of furan rings is 1. The Hall–Kier alpha value is -2.16. The first-order chi connectivity index (χ1) is 9.07. The number of fused-ring (bicyclic) bond motifs is 1. The molecule has 0 radical (unpaired) electrons. The van der Waals surface area contributed by atoms with Gasteiger partial charge in [0.25, 0.3) is 0 Å². The average Bonchev–Trinajstić information content (AvgIpc) is 2.95. The van der Waals surface area contributed by atoms with Crippen LogP contribution in [0.3, 0.4) is 0 Å². The number of anilines is 1. The van der Waals surface area contributed by atoms with Gasteiger partial charge in [0.15, 0.2) is 0 Å². The van der Waals surface area contributed by atoms with Crippen LogP contribution in [0.25, 0.3) is 0 Å². The van der Waals surface area contributed by atoms with Gasteiger partial charge in [-0.05, 0) is 23.8 Å². The molecule has 3 heteroatoms. The van der Waals surface area contributed by atoms with E-state index >= 15 is 0 Å². The summed E-state index contributed by atoms with van der Waals surface area (Å²) in [5, 5.41) is 3.32. The zero-order chi connectivity index (χ0) is 13.5. The van der Waals surface area contributed by atoms with Gasteiger partial charge in [-0.2, -0.15) is 0 Å². The van der Waals surface area contributed by atoms with Crippen LogP contribution in [-0.2, 0) is 12.0 Å². The minimum Gasteiger partial charge on any atom is -0.486 e. The lowest BCUT2D eigenvalue weighted by atomic mass is 9.84. The maximum Gasteiger partial charge on any atom is 0.146 e. The zero-order valence-electron chi connectivity index (χ0n) is 11.2. The first-order valence-corrected chi connectivity index (χ1v) is 6.33. The Labute approximate surface area is 112 Å². The second kappa shape index (κ2) is 4.19. The molecule has 3 rings (SSSR count). The van der Waals surface area contributed by atoms with Gasteiger partial charge < -0.3 is 14.5 Å². The summed E-state index contributed by atoms with van der Waals surface area (Å²) >= 11 is 0. The van der Waals surface area contributed by atoms with E-state index < -0.39 is 0 Å².